The first-order valence-electron chi connectivity index (χ1n) is 5.29. The molecule has 0 saturated carbocycles. The summed E-state index contributed by atoms with van der Waals surface area (Å²) < 4.78 is 0. The van der Waals surface area contributed by atoms with E-state index in [-0.39, 0.29) is 0 Å². The summed E-state index contributed by atoms with van der Waals surface area (Å²) in [4.78, 5) is 2.29. The van der Waals surface area contributed by atoms with E-state index in [2.05, 4.69) is 48.6 Å². The van der Waals surface area contributed by atoms with Gasteiger partial charge in [0.2, 0.25) is 0 Å². The lowest BCUT2D eigenvalue weighted by atomic mass is 10.2. The zero-order valence-corrected chi connectivity index (χ0v) is 9.38. The minimum Gasteiger partial charge on any atom is -0.383 e. The maximum Gasteiger partial charge on any atom is 0.0497 e. The third-order valence-electron chi connectivity index (χ3n) is 2.43. The molecule has 1 rings (SSSR count). The molecule has 0 radical (unpaired) electrons. The molecule has 3 heteroatoms. The SMILES string of the molecule is CCN(C)CCNC1=CNC(C)C=C1. The Balaban J connectivity index is 2.17. The molecule has 0 amide bonds. The number of nitrogens with zero attached hydrogens (tertiary/aromatic N) is 1. The number of hydrogen-bond donors (Lipinski definition) is 2. The summed E-state index contributed by atoms with van der Waals surface area (Å²) in [7, 11) is 2.13. The Morgan fingerprint density at radius 2 is 2.36 bits per heavy atom. The molecular weight excluding hydrogens is 174 g/mol. The van der Waals surface area contributed by atoms with Crippen molar-refractivity contribution in [3.63, 3.8) is 0 Å². The van der Waals surface area contributed by atoms with Gasteiger partial charge in [-0.2, -0.15) is 0 Å². The number of rotatable bonds is 5. The van der Waals surface area contributed by atoms with Crippen molar-refractivity contribution in [2.75, 3.05) is 26.7 Å². The molecule has 0 saturated heterocycles. The average Bonchev–Trinajstić information content (AvgIpc) is 2.21. The van der Waals surface area contributed by atoms with E-state index >= 15 is 0 Å². The third-order valence-corrected chi connectivity index (χ3v) is 2.43. The van der Waals surface area contributed by atoms with Gasteiger partial charge in [-0.05, 0) is 26.6 Å². The minimum absolute atomic E-state index is 0.457. The van der Waals surface area contributed by atoms with Crippen LogP contribution in [0.15, 0.2) is 24.0 Å². The van der Waals surface area contributed by atoms with Crippen molar-refractivity contribution >= 4 is 0 Å². The number of dihydropyridines is 1. The van der Waals surface area contributed by atoms with Crippen LogP contribution in [0.5, 0.6) is 0 Å². The minimum atomic E-state index is 0.457. The van der Waals surface area contributed by atoms with E-state index in [1.165, 1.54) is 5.70 Å². The van der Waals surface area contributed by atoms with Crippen molar-refractivity contribution in [2.24, 2.45) is 0 Å². The van der Waals surface area contributed by atoms with Crippen LogP contribution in [0.3, 0.4) is 0 Å². The van der Waals surface area contributed by atoms with E-state index in [1.807, 2.05) is 6.20 Å². The van der Waals surface area contributed by atoms with Crippen molar-refractivity contribution in [2.45, 2.75) is 19.9 Å². The molecule has 0 aliphatic carbocycles. The number of allylic oxidation sites excluding steroid dienone is 1. The molecule has 0 bridgehead atoms. The molecule has 0 aromatic rings. The van der Waals surface area contributed by atoms with Crippen LogP contribution in [0.1, 0.15) is 13.8 Å². The lowest BCUT2D eigenvalue weighted by molar-refractivity contribution is 0.354. The second-order valence-corrected chi connectivity index (χ2v) is 3.74. The molecule has 1 heterocycles. The average molecular weight is 195 g/mol. The normalized spacial score (nSPS) is 20.6. The fraction of sp³-hybridized carbons (Fsp3) is 0.636. The quantitative estimate of drug-likeness (QED) is 0.683. The van der Waals surface area contributed by atoms with E-state index in [9.17, 15) is 0 Å². The van der Waals surface area contributed by atoms with Gasteiger partial charge in [-0.15, -0.1) is 0 Å². The van der Waals surface area contributed by atoms with Crippen LogP contribution < -0.4 is 10.6 Å². The van der Waals surface area contributed by atoms with E-state index in [4.69, 9.17) is 0 Å². The Morgan fingerprint density at radius 3 is 2.93 bits per heavy atom. The molecule has 1 aliphatic rings. The Kier molecular flexibility index (Phi) is 4.53. The van der Waals surface area contributed by atoms with Gasteiger partial charge >= 0.3 is 0 Å². The molecule has 1 aliphatic heterocycles. The lowest BCUT2D eigenvalue weighted by Crippen LogP contribution is -2.31. The molecule has 2 N–H and O–H groups in total. The first kappa shape index (κ1) is 11.1. The van der Waals surface area contributed by atoms with Crippen LogP contribution in [0.25, 0.3) is 0 Å². The molecule has 0 aromatic carbocycles. The highest BCUT2D eigenvalue weighted by Crippen LogP contribution is 1.99. The van der Waals surface area contributed by atoms with E-state index in [1.54, 1.807) is 0 Å². The van der Waals surface area contributed by atoms with Crippen LogP contribution in [-0.4, -0.2) is 37.6 Å². The molecular formula is C11H21N3. The number of nitrogens with one attached hydrogen (secondary N) is 2. The summed E-state index contributed by atoms with van der Waals surface area (Å²) in [5.41, 5.74) is 1.17. The zero-order chi connectivity index (χ0) is 10.4. The van der Waals surface area contributed by atoms with Crippen LogP contribution in [0.2, 0.25) is 0 Å². The Labute approximate surface area is 86.9 Å². The monoisotopic (exact) mass is 195 g/mol. The van der Waals surface area contributed by atoms with Crippen molar-refractivity contribution < 1.29 is 0 Å². The van der Waals surface area contributed by atoms with E-state index < -0.39 is 0 Å². The highest BCUT2D eigenvalue weighted by Gasteiger charge is 2.01. The molecule has 14 heavy (non-hydrogen) atoms. The number of hydrogen-bond acceptors (Lipinski definition) is 3. The van der Waals surface area contributed by atoms with Gasteiger partial charge < -0.3 is 15.5 Å². The van der Waals surface area contributed by atoms with Gasteiger partial charge in [-0.25, -0.2) is 0 Å². The second kappa shape index (κ2) is 5.70. The standard InChI is InChI=1S/C11H21N3/c1-4-14(3)8-7-12-11-6-5-10(2)13-9-11/h5-6,9-10,12-13H,4,7-8H2,1-3H3. The summed E-state index contributed by atoms with van der Waals surface area (Å²) >= 11 is 0. The van der Waals surface area contributed by atoms with Crippen LogP contribution >= 0.6 is 0 Å². The summed E-state index contributed by atoms with van der Waals surface area (Å²) in [6.07, 6.45) is 6.33. The fourth-order valence-corrected chi connectivity index (χ4v) is 1.23. The predicted molar refractivity (Wildman–Crippen MR) is 61.0 cm³/mol. The van der Waals surface area contributed by atoms with Crippen molar-refractivity contribution in [1.29, 1.82) is 0 Å². The maximum atomic E-state index is 3.38. The van der Waals surface area contributed by atoms with E-state index in [0.29, 0.717) is 6.04 Å². The lowest BCUT2D eigenvalue weighted by Gasteiger charge is -2.18. The molecule has 3 nitrogen and oxygen atoms in total. The van der Waals surface area contributed by atoms with Gasteiger partial charge in [0.1, 0.15) is 0 Å². The van der Waals surface area contributed by atoms with Gasteiger partial charge in [0.25, 0.3) is 0 Å². The molecule has 80 valence electrons. The van der Waals surface area contributed by atoms with Crippen molar-refractivity contribution in [3.05, 3.63) is 24.0 Å². The smallest absolute Gasteiger partial charge is 0.0497 e. The highest BCUT2D eigenvalue weighted by atomic mass is 15.1. The third kappa shape index (κ3) is 3.83. The summed E-state index contributed by atoms with van der Waals surface area (Å²) in [6.45, 7) is 7.48. The second-order valence-electron chi connectivity index (χ2n) is 3.74. The Morgan fingerprint density at radius 1 is 1.57 bits per heavy atom. The van der Waals surface area contributed by atoms with Crippen molar-refractivity contribution in [3.8, 4) is 0 Å². The molecule has 0 spiro atoms. The maximum absolute atomic E-state index is 3.38. The summed E-state index contributed by atoms with van der Waals surface area (Å²) in [6, 6.07) is 0.457. The van der Waals surface area contributed by atoms with Gasteiger partial charge in [0, 0.05) is 31.0 Å². The van der Waals surface area contributed by atoms with Crippen LogP contribution in [-0.2, 0) is 0 Å². The van der Waals surface area contributed by atoms with Gasteiger partial charge in [0.15, 0.2) is 0 Å². The molecule has 0 aromatic heterocycles. The van der Waals surface area contributed by atoms with Crippen molar-refractivity contribution in [1.82, 2.24) is 15.5 Å². The molecule has 1 unspecified atom stereocenters. The van der Waals surface area contributed by atoms with Crippen LogP contribution in [0.4, 0.5) is 0 Å². The Hall–Kier alpha value is -0.960. The molecule has 0 fully saturated rings. The zero-order valence-electron chi connectivity index (χ0n) is 9.38. The first-order chi connectivity index (χ1) is 6.72. The van der Waals surface area contributed by atoms with Crippen LogP contribution in [0, 0.1) is 0 Å². The largest absolute Gasteiger partial charge is 0.383 e. The summed E-state index contributed by atoms with van der Waals surface area (Å²) in [5.74, 6) is 0. The Bertz CT molecular complexity index is 221. The molecule has 1 atom stereocenters. The van der Waals surface area contributed by atoms with E-state index in [0.717, 1.165) is 19.6 Å². The fourth-order valence-electron chi connectivity index (χ4n) is 1.23. The number of likely N-dealkylation sites (N-methyl/N-ethyl adjacent to an activating group) is 1. The predicted octanol–water partition coefficient (Wildman–Crippen LogP) is 0.917. The van der Waals surface area contributed by atoms with Gasteiger partial charge in [0.05, 0.1) is 0 Å². The van der Waals surface area contributed by atoms with Gasteiger partial charge in [-0.1, -0.05) is 13.0 Å². The van der Waals surface area contributed by atoms with Gasteiger partial charge in [-0.3, -0.25) is 0 Å². The summed E-state index contributed by atoms with van der Waals surface area (Å²) in [5, 5.41) is 6.64. The first-order valence-corrected chi connectivity index (χ1v) is 5.29. The highest BCUT2D eigenvalue weighted by molar-refractivity contribution is 5.21. The topological polar surface area (TPSA) is 27.3 Å².